The Bertz CT molecular complexity index is 761. The van der Waals surface area contributed by atoms with Crippen LogP contribution in [0.2, 0.25) is 5.02 Å². The number of sulfonamides is 1. The van der Waals surface area contributed by atoms with Gasteiger partial charge in [0, 0.05) is 15.2 Å². The van der Waals surface area contributed by atoms with Crippen molar-refractivity contribution in [1.29, 1.82) is 0 Å². The summed E-state index contributed by atoms with van der Waals surface area (Å²) in [5, 5.41) is 0.503. The van der Waals surface area contributed by atoms with Crippen molar-refractivity contribution in [2.24, 2.45) is 0 Å². The topological polar surface area (TPSA) is 72.2 Å². The number of benzene rings is 2. The zero-order valence-electron chi connectivity index (χ0n) is 11.2. The highest BCUT2D eigenvalue weighted by Gasteiger charge is 2.14. The lowest BCUT2D eigenvalue weighted by Crippen LogP contribution is -2.15. The third-order valence-electron chi connectivity index (χ3n) is 2.85. The summed E-state index contributed by atoms with van der Waals surface area (Å²) in [6.45, 7) is 1.85. The summed E-state index contributed by atoms with van der Waals surface area (Å²) in [5.74, 6) is -0.134. The number of hydrogen-bond acceptors (Lipinski definition) is 3. The zero-order chi connectivity index (χ0) is 15.6. The lowest BCUT2D eigenvalue weighted by molar-refractivity contribution is 0.600. The first-order chi connectivity index (χ1) is 9.77. The standard InChI is InChI=1S/C14H14BrClN2O2S/c1-9-6-12(15)14(7-13(9)16)18-21(19,20)8-10-2-4-11(17)5-3-10/h2-7,18H,8,17H2,1H3. The van der Waals surface area contributed by atoms with Crippen molar-refractivity contribution in [2.45, 2.75) is 12.7 Å². The van der Waals surface area contributed by atoms with E-state index >= 15 is 0 Å². The Morgan fingerprint density at radius 2 is 1.86 bits per heavy atom. The van der Waals surface area contributed by atoms with Crippen LogP contribution in [0.25, 0.3) is 0 Å². The molecule has 0 bridgehead atoms. The molecule has 7 heteroatoms. The van der Waals surface area contributed by atoms with Crippen LogP contribution >= 0.6 is 27.5 Å². The summed E-state index contributed by atoms with van der Waals surface area (Å²) in [4.78, 5) is 0. The molecule has 2 rings (SSSR count). The van der Waals surface area contributed by atoms with E-state index in [2.05, 4.69) is 20.7 Å². The van der Waals surface area contributed by atoms with Crippen LogP contribution in [0.15, 0.2) is 40.9 Å². The maximum atomic E-state index is 12.2. The summed E-state index contributed by atoms with van der Waals surface area (Å²) >= 11 is 9.35. The average molecular weight is 390 g/mol. The minimum absolute atomic E-state index is 0.134. The maximum absolute atomic E-state index is 12.2. The number of halogens is 2. The lowest BCUT2D eigenvalue weighted by Gasteiger charge is -2.11. The second-order valence-corrected chi connectivity index (χ2v) is 7.67. The van der Waals surface area contributed by atoms with E-state index in [4.69, 9.17) is 17.3 Å². The molecule has 0 amide bonds. The van der Waals surface area contributed by atoms with E-state index in [1.54, 1.807) is 36.4 Å². The molecule has 0 aliphatic rings. The van der Waals surface area contributed by atoms with Gasteiger partial charge in [-0.25, -0.2) is 8.42 Å². The Balaban J connectivity index is 2.21. The van der Waals surface area contributed by atoms with Crippen LogP contribution in [0.4, 0.5) is 11.4 Å². The lowest BCUT2D eigenvalue weighted by atomic mass is 10.2. The van der Waals surface area contributed by atoms with Gasteiger partial charge in [0.1, 0.15) is 0 Å². The van der Waals surface area contributed by atoms with Crippen molar-refractivity contribution in [3.63, 3.8) is 0 Å². The summed E-state index contributed by atoms with van der Waals surface area (Å²) in [6.07, 6.45) is 0. The van der Waals surface area contributed by atoms with Gasteiger partial charge in [0.25, 0.3) is 0 Å². The molecule has 0 atom stereocenters. The highest BCUT2D eigenvalue weighted by molar-refractivity contribution is 9.10. The zero-order valence-corrected chi connectivity index (χ0v) is 14.4. The van der Waals surface area contributed by atoms with E-state index in [1.165, 1.54) is 0 Å². The monoisotopic (exact) mass is 388 g/mol. The minimum atomic E-state index is -3.53. The van der Waals surface area contributed by atoms with Crippen molar-refractivity contribution >= 4 is 48.9 Å². The number of rotatable bonds is 4. The van der Waals surface area contributed by atoms with E-state index in [0.29, 0.717) is 26.4 Å². The molecule has 0 heterocycles. The molecule has 0 aromatic heterocycles. The second kappa shape index (κ2) is 6.25. The van der Waals surface area contributed by atoms with E-state index in [0.717, 1.165) is 5.56 Å². The van der Waals surface area contributed by atoms with Gasteiger partial charge in [0.2, 0.25) is 10.0 Å². The molecule has 0 aliphatic carbocycles. The third-order valence-corrected chi connectivity index (χ3v) is 5.16. The molecule has 0 spiro atoms. The van der Waals surface area contributed by atoms with Gasteiger partial charge < -0.3 is 5.73 Å². The van der Waals surface area contributed by atoms with Crippen LogP contribution < -0.4 is 10.5 Å². The first kappa shape index (κ1) is 16.1. The van der Waals surface area contributed by atoms with Crippen LogP contribution in [-0.4, -0.2) is 8.42 Å². The van der Waals surface area contributed by atoms with Crippen molar-refractivity contribution in [3.05, 3.63) is 57.0 Å². The van der Waals surface area contributed by atoms with Gasteiger partial charge >= 0.3 is 0 Å². The number of hydrogen-bond donors (Lipinski definition) is 2. The summed E-state index contributed by atoms with van der Waals surface area (Å²) in [7, 11) is -3.53. The number of nitrogens with one attached hydrogen (secondary N) is 1. The molecule has 0 saturated heterocycles. The van der Waals surface area contributed by atoms with Crippen LogP contribution in [0, 0.1) is 6.92 Å². The highest BCUT2D eigenvalue weighted by atomic mass is 79.9. The van der Waals surface area contributed by atoms with Crippen LogP contribution in [0.5, 0.6) is 0 Å². The quantitative estimate of drug-likeness (QED) is 0.778. The number of anilines is 2. The molecule has 0 unspecified atom stereocenters. The van der Waals surface area contributed by atoms with Crippen LogP contribution in [-0.2, 0) is 15.8 Å². The van der Waals surface area contributed by atoms with E-state index in [1.807, 2.05) is 6.92 Å². The predicted molar refractivity (Wildman–Crippen MR) is 91.0 cm³/mol. The Hall–Kier alpha value is -1.24. The Morgan fingerprint density at radius 1 is 1.24 bits per heavy atom. The molecule has 0 fully saturated rings. The molecule has 112 valence electrons. The molecule has 2 aromatic rings. The van der Waals surface area contributed by atoms with Crippen LogP contribution in [0.3, 0.4) is 0 Å². The normalized spacial score (nSPS) is 11.4. The van der Waals surface area contributed by atoms with Gasteiger partial charge in [-0.2, -0.15) is 0 Å². The van der Waals surface area contributed by atoms with Crippen LogP contribution in [0.1, 0.15) is 11.1 Å². The second-order valence-electron chi connectivity index (χ2n) is 4.68. The molecule has 2 aromatic carbocycles. The van der Waals surface area contributed by atoms with Crippen molar-refractivity contribution in [3.8, 4) is 0 Å². The fourth-order valence-electron chi connectivity index (χ4n) is 1.76. The van der Waals surface area contributed by atoms with Gasteiger partial charge in [-0.05, 0) is 58.2 Å². The largest absolute Gasteiger partial charge is 0.399 e. The molecule has 3 N–H and O–H groups in total. The summed E-state index contributed by atoms with van der Waals surface area (Å²) in [5.41, 5.74) is 8.12. The maximum Gasteiger partial charge on any atom is 0.236 e. The fourth-order valence-corrected chi connectivity index (χ4v) is 3.82. The Kier molecular flexibility index (Phi) is 4.81. The third kappa shape index (κ3) is 4.36. The first-order valence-electron chi connectivity index (χ1n) is 6.07. The average Bonchev–Trinajstić information content (AvgIpc) is 2.38. The molecule has 0 saturated carbocycles. The Labute approximate surface area is 137 Å². The van der Waals surface area contributed by atoms with E-state index in [9.17, 15) is 8.42 Å². The van der Waals surface area contributed by atoms with Gasteiger partial charge in [-0.3, -0.25) is 4.72 Å². The van der Waals surface area contributed by atoms with Crippen molar-refractivity contribution in [2.75, 3.05) is 10.5 Å². The highest BCUT2D eigenvalue weighted by Crippen LogP contribution is 2.30. The van der Waals surface area contributed by atoms with Crippen molar-refractivity contribution < 1.29 is 8.42 Å². The number of aryl methyl sites for hydroxylation is 1. The van der Waals surface area contributed by atoms with Gasteiger partial charge in [-0.1, -0.05) is 23.7 Å². The number of nitrogens with two attached hydrogens (primary N) is 1. The summed E-state index contributed by atoms with van der Waals surface area (Å²) < 4.78 is 27.6. The molecule has 0 radical (unpaired) electrons. The minimum Gasteiger partial charge on any atom is -0.399 e. The Morgan fingerprint density at radius 3 is 2.48 bits per heavy atom. The first-order valence-corrected chi connectivity index (χ1v) is 8.90. The summed E-state index contributed by atoms with van der Waals surface area (Å²) in [6, 6.07) is 10.1. The van der Waals surface area contributed by atoms with Gasteiger partial charge in [0.15, 0.2) is 0 Å². The molecule has 0 aliphatic heterocycles. The smallest absolute Gasteiger partial charge is 0.236 e. The van der Waals surface area contributed by atoms with Crippen molar-refractivity contribution in [1.82, 2.24) is 0 Å². The molecular formula is C14H14BrClN2O2S. The number of nitrogen functional groups attached to an aromatic ring is 1. The van der Waals surface area contributed by atoms with Gasteiger partial charge in [0.05, 0.1) is 11.4 Å². The molecular weight excluding hydrogens is 376 g/mol. The predicted octanol–water partition coefficient (Wildman–Crippen LogP) is 3.94. The molecule has 4 nitrogen and oxygen atoms in total. The van der Waals surface area contributed by atoms with E-state index < -0.39 is 10.0 Å². The SMILES string of the molecule is Cc1cc(Br)c(NS(=O)(=O)Cc2ccc(N)cc2)cc1Cl. The fraction of sp³-hybridized carbons (Fsp3) is 0.143. The molecule has 21 heavy (non-hydrogen) atoms. The van der Waals surface area contributed by atoms with E-state index in [-0.39, 0.29) is 5.75 Å². The van der Waals surface area contributed by atoms with Gasteiger partial charge in [-0.15, -0.1) is 0 Å².